The summed E-state index contributed by atoms with van der Waals surface area (Å²) in [6.07, 6.45) is -0.852. The lowest BCUT2D eigenvalue weighted by Gasteiger charge is -2.64. The van der Waals surface area contributed by atoms with Crippen LogP contribution >= 0.6 is 0 Å². The molecule has 0 amide bonds. The van der Waals surface area contributed by atoms with Crippen LogP contribution in [0.15, 0.2) is 17.2 Å². The molecule has 3 saturated carbocycles. The predicted molar refractivity (Wildman–Crippen MR) is 75.6 cm³/mol. The third-order valence-corrected chi connectivity index (χ3v) is 5.52. The number of aryl methyl sites for hydroxylation is 1. The van der Waals surface area contributed by atoms with Crippen molar-refractivity contribution in [3.8, 4) is 0 Å². The van der Waals surface area contributed by atoms with E-state index in [9.17, 15) is 22.4 Å². The Kier molecular flexibility index (Phi) is 2.57. The topological polar surface area (TPSA) is 65.6 Å². The van der Waals surface area contributed by atoms with E-state index in [0.717, 1.165) is 6.20 Å². The molecule has 0 spiro atoms. The quantitative estimate of drug-likeness (QED) is 0.773. The molecular formula is C15H13F4N5O. The fraction of sp³-hybridized carbons (Fsp3) is 0.600. The number of halogens is 4. The molecule has 6 rings (SSSR count). The lowest BCUT2D eigenvalue weighted by Crippen LogP contribution is -2.72. The van der Waals surface area contributed by atoms with Gasteiger partial charge >= 0.3 is 11.9 Å². The van der Waals surface area contributed by atoms with E-state index in [2.05, 4.69) is 15.1 Å². The van der Waals surface area contributed by atoms with Crippen molar-refractivity contribution in [2.24, 2.45) is 0 Å². The molecule has 10 heteroatoms. The number of rotatable bonds is 2. The molecular weight excluding hydrogens is 342 g/mol. The number of fused-ring (bicyclic) bond motifs is 1. The van der Waals surface area contributed by atoms with Crippen LogP contribution in [-0.4, -0.2) is 30.0 Å². The summed E-state index contributed by atoms with van der Waals surface area (Å²) >= 11 is 0. The Morgan fingerprint density at radius 1 is 1.16 bits per heavy atom. The van der Waals surface area contributed by atoms with Gasteiger partial charge in [0, 0.05) is 25.7 Å². The molecule has 1 aliphatic heterocycles. The molecule has 0 N–H and O–H groups in total. The minimum atomic E-state index is -4.56. The molecule has 3 heterocycles. The summed E-state index contributed by atoms with van der Waals surface area (Å²) in [5.74, 6) is 0.564. The Morgan fingerprint density at radius 2 is 1.88 bits per heavy atom. The van der Waals surface area contributed by atoms with E-state index in [1.54, 1.807) is 0 Å². The summed E-state index contributed by atoms with van der Waals surface area (Å²) in [6, 6.07) is -0.488. The highest BCUT2D eigenvalue weighted by Crippen LogP contribution is 2.66. The van der Waals surface area contributed by atoms with E-state index in [4.69, 9.17) is 0 Å². The van der Waals surface area contributed by atoms with Crippen molar-refractivity contribution in [2.45, 2.75) is 55.5 Å². The molecule has 2 aromatic heterocycles. The van der Waals surface area contributed by atoms with Gasteiger partial charge in [-0.15, -0.1) is 0 Å². The van der Waals surface area contributed by atoms with E-state index < -0.39 is 29.1 Å². The first kappa shape index (κ1) is 15.0. The van der Waals surface area contributed by atoms with Crippen LogP contribution in [0.5, 0.6) is 0 Å². The molecule has 25 heavy (non-hydrogen) atoms. The van der Waals surface area contributed by atoms with E-state index >= 15 is 0 Å². The molecule has 0 radical (unpaired) electrons. The normalized spacial score (nSPS) is 32.9. The predicted octanol–water partition coefficient (Wildman–Crippen LogP) is 1.99. The molecule has 2 bridgehead atoms. The summed E-state index contributed by atoms with van der Waals surface area (Å²) in [4.78, 5) is 20.0. The summed E-state index contributed by atoms with van der Waals surface area (Å²) < 4.78 is 54.4. The zero-order chi connectivity index (χ0) is 17.6. The number of hydrogen-bond acceptors (Lipinski definition) is 4. The van der Waals surface area contributed by atoms with Crippen LogP contribution in [-0.2, 0) is 18.1 Å². The van der Waals surface area contributed by atoms with Crippen LogP contribution in [0.1, 0.15) is 48.9 Å². The van der Waals surface area contributed by atoms with Gasteiger partial charge in [-0.1, -0.05) is 0 Å². The Hall–Kier alpha value is -2.26. The van der Waals surface area contributed by atoms with Crippen molar-refractivity contribution >= 4 is 0 Å². The van der Waals surface area contributed by atoms with Crippen molar-refractivity contribution in [3.05, 3.63) is 40.1 Å². The SMILES string of the molecule is O=c1n(C23CC(F)(C2)C3)nc2n1[C@@H](c1cnc(C(F)(F)F)cn1)CC2. The fourth-order valence-corrected chi connectivity index (χ4v) is 4.38. The van der Waals surface area contributed by atoms with Gasteiger partial charge < -0.3 is 0 Å². The first-order valence-electron chi connectivity index (χ1n) is 8.00. The van der Waals surface area contributed by atoms with Gasteiger partial charge in [0.1, 0.15) is 11.5 Å². The van der Waals surface area contributed by atoms with E-state index in [0.29, 0.717) is 49.8 Å². The number of hydrogen-bond donors (Lipinski definition) is 0. The molecule has 0 saturated heterocycles. The van der Waals surface area contributed by atoms with Crippen LogP contribution in [0.3, 0.4) is 0 Å². The molecule has 6 nitrogen and oxygen atoms in total. The summed E-state index contributed by atoms with van der Waals surface area (Å²) in [5, 5.41) is 4.36. The van der Waals surface area contributed by atoms with Crippen molar-refractivity contribution < 1.29 is 17.6 Å². The fourth-order valence-electron chi connectivity index (χ4n) is 4.38. The van der Waals surface area contributed by atoms with Gasteiger partial charge in [-0.2, -0.15) is 18.3 Å². The zero-order valence-corrected chi connectivity index (χ0v) is 12.9. The number of aromatic nitrogens is 5. The Morgan fingerprint density at radius 3 is 2.44 bits per heavy atom. The summed E-state index contributed by atoms with van der Waals surface area (Å²) in [6.45, 7) is 0. The number of nitrogens with zero attached hydrogens (tertiary/aromatic N) is 5. The summed E-state index contributed by atoms with van der Waals surface area (Å²) in [7, 11) is 0. The second kappa shape index (κ2) is 4.28. The van der Waals surface area contributed by atoms with E-state index in [-0.39, 0.29) is 5.69 Å². The first-order chi connectivity index (χ1) is 11.7. The standard InChI is InChI=1S/C15H13F4N5O/c16-13-5-14(6-13,7-13)24-12(25)23-9(1-2-11(23)22-24)8-3-21-10(4-20-8)15(17,18)19/h3-4,9H,1-2,5-7H2/t9-,13?,14?/m1/s1. The average Bonchev–Trinajstić information content (AvgIpc) is 3.03. The van der Waals surface area contributed by atoms with Gasteiger partial charge in [0.05, 0.1) is 29.7 Å². The lowest BCUT2D eigenvalue weighted by atomic mass is 9.47. The Balaban J connectivity index is 1.49. The van der Waals surface area contributed by atoms with Crippen LogP contribution in [0.4, 0.5) is 17.6 Å². The highest BCUT2D eigenvalue weighted by molar-refractivity contribution is 5.23. The minimum Gasteiger partial charge on any atom is -0.270 e. The van der Waals surface area contributed by atoms with Gasteiger partial charge in [-0.25, -0.2) is 18.9 Å². The second-order valence-electron chi connectivity index (χ2n) is 7.26. The largest absolute Gasteiger partial charge is 0.434 e. The van der Waals surface area contributed by atoms with E-state index in [1.807, 2.05) is 0 Å². The van der Waals surface area contributed by atoms with Crippen LogP contribution < -0.4 is 5.69 Å². The molecule has 132 valence electrons. The molecule has 4 aliphatic rings. The maximum absolute atomic E-state index is 13.8. The first-order valence-corrected chi connectivity index (χ1v) is 8.00. The smallest absolute Gasteiger partial charge is 0.270 e. The Labute approximate surface area is 138 Å². The van der Waals surface area contributed by atoms with Crippen molar-refractivity contribution in [3.63, 3.8) is 0 Å². The third kappa shape index (κ3) is 1.90. The van der Waals surface area contributed by atoms with Crippen LogP contribution in [0.25, 0.3) is 0 Å². The molecule has 3 fully saturated rings. The zero-order valence-electron chi connectivity index (χ0n) is 12.9. The maximum Gasteiger partial charge on any atom is 0.434 e. The lowest BCUT2D eigenvalue weighted by molar-refractivity contribution is -0.205. The molecule has 1 atom stereocenters. The van der Waals surface area contributed by atoms with Crippen LogP contribution in [0.2, 0.25) is 0 Å². The van der Waals surface area contributed by atoms with Gasteiger partial charge in [0.15, 0.2) is 5.69 Å². The second-order valence-corrected chi connectivity index (χ2v) is 7.26. The highest BCUT2D eigenvalue weighted by Gasteiger charge is 2.72. The van der Waals surface area contributed by atoms with Crippen molar-refractivity contribution in [2.75, 3.05) is 0 Å². The number of alkyl halides is 4. The highest BCUT2D eigenvalue weighted by atomic mass is 19.4. The Bertz CT molecular complexity index is 909. The van der Waals surface area contributed by atoms with Crippen LogP contribution in [0, 0.1) is 0 Å². The van der Waals surface area contributed by atoms with Gasteiger partial charge in [-0.3, -0.25) is 9.55 Å². The minimum absolute atomic E-state index is 0.299. The van der Waals surface area contributed by atoms with Gasteiger partial charge in [0.25, 0.3) is 0 Å². The summed E-state index contributed by atoms with van der Waals surface area (Å²) in [5.41, 5.74) is -2.78. The maximum atomic E-state index is 13.8. The molecule has 2 aromatic rings. The monoisotopic (exact) mass is 355 g/mol. The van der Waals surface area contributed by atoms with Gasteiger partial charge in [-0.05, 0) is 6.42 Å². The van der Waals surface area contributed by atoms with Crippen molar-refractivity contribution in [1.29, 1.82) is 0 Å². The third-order valence-electron chi connectivity index (χ3n) is 5.52. The van der Waals surface area contributed by atoms with E-state index in [1.165, 1.54) is 9.25 Å². The molecule has 0 aromatic carbocycles. The van der Waals surface area contributed by atoms with Gasteiger partial charge in [0.2, 0.25) is 0 Å². The van der Waals surface area contributed by atoms with Crippen molar-refractivity contribution in [1.82, 2.24) is 24.3 Å². The molecule has 0 unspecified atom stereocenters. The average molecular weight is 355 g/mol. The molecule has 3 aliphatic carbocycles.